The third kappa shape index (κ3) is 3.31. The van der Waals surface area contributed by atoms with Crippen LogP contribution in [0, 0.1) is 17.7 Å². The van der Waals surface area contributed by atoms with Crippen LogP contribution >= 0.6 is 11.5 Å². The summed E-state index contributed by atoms with van der Waals surface area (Å²) in [6.07, 6.45) is 0. The number of hydrogen-bond donors (Lipinski definition) is 2. The highest BCUT2D eigenvalue weighted by atomic mass is 32.1. The zero-order valence-corrected chi connectivity index (χ0v) is 10.4. The van der Waals surface area contributed by atoms with E-state index >= 15 is 0 Å². The molecule has 0 aliphatic rings. The molecule has 1 aromatic heterocycles. The van der Waals surface area contributed by atoms with Crippen LogP contribution in [0.4, 0.5) is 9.52 Å². The van der Waals surface area contributed by atoms with Crippen molar-refractivity contribution in [3.8, 4) is 11.8 Å². The Bertz CT molecular complexity index is 647. The lowest BCUT2D eigenvalue weighted by Gasteiger charge is -2.03. The first-order chi connectivity index (χ1) is 9.20. The molecule has 0 unspecified atom stereocenters. The first kappa shape index (κ1) is 13.1. The molecule has 1 aromatic carbocycles. The summed E-state index contributed by atoms with van der Waals surface area (Å²) in [7, 11) is 0. The molecule has 2 aromatic rings. The quantitative estimate of drug-likeness (QED) is 0.785. The van der Waals surface area contributed by atoms with Crippen LogP contribution in [0.5, 0.6) is 0 Å². The zero-order chi connectivity index (χ0) is 13.7. The fourth-order valence-corrected chi connectivity index (χ4v) is 1.64. The van der Waals surface area contributed by atoms with Gasteiger partial charge in [0.15, 0.2) is 0 Å². The van der Waals surface area contributed by atoms with Gasteiger partial charge >= 0.3 is 0 Å². The molecule has 0 spiro atoms. The normalized spacial score (nSPS) is 9.58. The highest BCUT2D eigenvalue weighted by molar-refractivity contribution is 7.09. The second-order valence-corrected chi connectivity index (χ2v) is 4.05. The maximum absolute atomic E-state index is 13.6. The third-order valence-corrected chi connectivity index (χ3v) is 2.58. The standard InChI is InChI=1S/C11H8FN5OS/c12-9-4-3-7(2-1-5-13)6-8(9)10(18)14-11-15-16-17-19-11/h3-4,6H,5,13H2,(H,14,15,17,18). The average molecular weight is 277 g/mol. The Morgan fingerprint density at radius 3 is 3.05 bits per heavy atom. The average Bonchev–Trinajstić information content (AvgIpc) is 2.90. The van der Waals surface area contributed by atoms with Gasteiger partial charge in [-0.25, -0.2) is 4.39 Å². The molecule has 0 aliphatic heterocycles. The van der Waals surface area contributed by atoms with Crippen molar-refractivity contribution < 1.29 is 9.18 Å². The van der Waals surface area contributed by atoms with Crippen molar-refractivity contribution in [2.45, 2.75) is 0 Å². The van der Waals surface area contributed by atoms with Gasteiger partial charge in [0, 0.05) is 17.1 Å². The summed E-state index contributed by atoms with van der Waals surface area (Å²) in [5, 5.41) is 9.46. The van der Waals surface area contributed by atoms with E-state index in [-0.39, 0.29) is 17.2 Å². The van der Waals surface area contributed by atoms with Crippen molar-refractivity contribution in [1.82, 2.24) is 14.8 Å². The van der Waals surface area contributed by atoms with Crippen LogP contribution in [0.1, 0.15) is 15.9 Å². The third-order valence-electron chi connectivity index (χ3n) is 2.07. The monoisotopic (exact) mass is 277 g/mol. The lowest BCUT2D eigenvalue weighted by atomic mass is 10.1. The van der Waals surface area contributed by atoms with E-state index in [4.69, 9.17) is 5.73 Å². The molecule has 8 heteroatoms. The van der Waals surface area contributed by atoms with Gasteiger partial charge in [0.1, 0.15) is 5.82 Å². The van der Waals surface area contributed by atoms with E-state index < -0.39 is 11.7 Å². The number of anilines is 1. The van der Waals surface area contributed by atoms with Crippen LogP contribution in [0.2, 0.25) is 0 Å². The van der Waals surface area contributed by atoms with E-state index in [1.165, 1.54) is 18.2 Å². The number of rotatable bonds is 2. The second-order valence-electron chi connectivity index (χ2n) is 3.32. The summed E-state index contributed by atoms with van der Waals surface area (Å²) in [5.74, 6) is 4.08. The lowest BCUT2D eigenvalue weighted by molar-refractivity contribution is 0.102. The molecule has 0 atom stereocenters. The summed E-state index contributed by atoms with van der Waals surface area (Å²) < 4.78 is 17.1. The Balaban J connectivity index is 2.25. The molecular weight excluding hydrogens is 269 g/mol. The Kier molecular flexibility index (Phi) is 4.12. The molecule has 96 valence electrons. The molecule has 0 aliphatic carbocycles. The fraction of sp³-hybridized carbons (Fsp3) is 0.0909. The summed E-state index contributed by atoms with van der Waals surface area (Å²) in [6.45, 7) is 0.190. The molecular formula is C11H8FN5OS. The van der Waals surface area contributed by atoms with Gasteiger partial charge in [-0.15, -0.1) is 0 Å². The van der Waals surface area contributed by atoms with E-state index in [0.717, 1.165) is 11.5 Å². The van der Waals surface area contributed by atoms with E-state index in [1.807, 2.05) is 0 Å². The molecule has 1 amide bonds. The van der Waals surface area contributed by atoms with Crippen LogP contribution in [0.3, 0.4) is 0 Å². The van der Waals surface area contributed by atoms with Crippen LogP contribution in [-0.2, 0) is 0 Å². The van der Waals surface area contributed by atoms with Crippen molar-refractivity contribution in [2.75, 3.05) is 11.9 Å². The molecule has 0 fully saturated rings. The predicted molar refractivity (Wildman–Crippen MR) is 68.0 cm³/mol. The summed E-state index contributed by atoms with van der Waals surface area (Å²) in [5.41, 5.74) is 5.63. The minimum atomic E-state index is -0.645. The number of nitrogens with two attached hydrogens (primary N) is 1. The summed E-state index contributed by atoms with van der Waals surface area (Å²) in [4.78, 5) is 11.8. The van der Waals surface area contributed by atoms with Crippen LogP contribution < -0.4 is 11.1 Å². The number of nitrogens with one attached hydrogen (secondary N) is 1. The van der Waals surface area contributed by atoms with Gasteiger partial charge in [0.2, 0.25) is 5.13 Å². The SMILES string of the molecule is NCC#Cc1ccc(F)c(C(=O)Nc2nnns2)c1. The first-order valence-corrected chi connectivity index (χ1v) is 5.93. The molecule has 0 saturated carbocycles. The number of amides is 1. The molecule has 19 heavy (non-hydrogen) atoms. The molecule has 3 N–H and O–H groups in total. The van der Waals surface area contributed by atoms with E-state index in [0.29, 0.717) is 5.56 Å². The highest BCUT2D eigenvalue weighted by Gasteiger charge is 2.14. The Morgan fingerprint density at radius 2 is 2.37 bits per heavy atom. The number of benzene rings is 1. The summed E-state index contributed by atoms with van der Waals surface area (Å²) >= 11 is 0.899. The Hall–Kier alpha value is -2.37. The fourth-order valence-electron chi connectivity index (χ4n) is 1.28. The van der Waals surface area contributed by atoms with Crippen LogP contribution in [0.25, 0.3) is 0 Å². The second kappa shape index (κ2) is 5.99. The van der Waals surface area contributed by atoms with Crippen LogP contribution in [0.15, 0.2) is 18.2 Å². The molecule has 2 rings (SSSR count). The van der Waals surface area contributed by atoms with E-state index in [9.17, 15) is 9.18 Å². The molecule has 0 radical (unpaired) electrons. The number of halogens is 1. The number of aromatic nitrogens is 3. The lowest BCUT2D eigenvalue weighted by Crippen LogP contribution is -2.14. The first-order valence-electron chi connectivity index (χ1n) is 5.15. The van der Waals surface area contributed by atoms with Crippen molar-refractivity contribution >= 4 is 22.6 Å². The minimum absolute atomic E-state index is 0.126. The largest absolute Gasteiger partial charge is 0.320 e. The topological polar surface area (TPSA) is 93.8 Å². The molecule has 0 saturated heterocycles. The molecule has 1 heterocycles. The van der Waals surface area contributed by atoms with Crippen molar-refractivity contribution in [3.63, 3.8) is 0 Å². The van der Waals surface area contributed by atoms with E-state index in [1.54, 1.807) is 0 Å². The highest BCUT2D eigenvalue weighted by Crippen LogP contribution is 2.13. The zero-order valence-electron chi connectivity index (χ0n) is 9.55. The summed E-state index contributed by atoms with van der Waals surface area (Å²) in [6, 6.07) is 4.00. The van der Waals surface area contributed by atoms with Crippen LogP contribution in [-0.4, -0.2) is 27.3 Å². The molecule has 6 nitrogen and oxygen atoms in total. The predicted octanol–water partition coefficient (Wildman–Crippen LogP) is 0.635. The van der Waals surface area contributed by atoms with Gasteiger partial charge in [0.05, 0.1) is 12.1 Å². The minimum Gasteiger partial charge on any atom is -0.320 e. The maximum atomic E-state index is 13.6. The van der Waals surface area contributed by atoms with Gasteiger partial charge < -0.3 is 5.73 Å². The number of carbonyl (C=O) groups is 1. The van der Waals surface area contributed by atoms with Gasteiger partial charge in [-0.1, -0.05) is 21.4 Å². The van der Waals surface area contributed by atoms with Gasteiger partial charge in [0.25, 0.3) is 5.91 Å². The maximum Gasteiger partial charge on any atom is 0.260 e. The molecule has 0 bridgehead atoms. The number of carbonyl (C=O) groups excluding carboxylic acids is 1. The van der Waals surface area contributed by atoms with E-state index in [2.05, 4.69) is 32.0 Å². The smallest absolute Gasteiger partial charge is 0.260 e. The van der Waals surface area contributed by atoms with Gasteiger partial charge in [-0.2, -0.15) is 0 Å². The number of nitrogens with zero attached hydrogens (tertiary/aromatic N) is 3. The van der Waals surface area contributed by atoms with Crippen molar-refractivity contribution in [1.29, 1.82) is 0 Å². The van der Waals surface area contributed by atoms with Gasteiger partial charge in [-0.3, -0.25) is 10.1 Å². The Morgan fingerprint density at radius 1 is 1.53 bits per heavy atom. The van der Waals surface area contributed by atoms with Crippen molar-refractivity contribution in [3.05, 3.63) is 35.1 Å². The Labute approximate surface area is 112 Å². The number of hydrogen-bond acceptors (Lipinski definition) is 6. The van der Waals surface area contributed by atoms with Gasteiger partial charge in [-0.05, 0) is 23.4 Å². The van der Waals surface area contributed by atoms with Crippen molar-refractivity contribution in [2.24, 2.45) is 5.73 Å².